The van der Waals surface area contributed by atoms with Gasteiger partial charge >= 0.3 is 0 Å². The Bertz CT molecular complexity index is 609. The van der Waals surface area contributed by atoms with Gasteiger partial charge in [-0.05, 0) is 43.7 Å². The second kappa shape index (κ2) is 8.96. The molecule has 5 heteroatoms. The van der Waals surface area contributed by atoms with Crippen molar-refractivity contribution in [3.05, 3.63) is 65.7 Å². The van der Waals surface area contributed by atoms with Gasteiger partial charge in [0, 0.05) is 28.3 Å². The molecule has 124 valence electrons. The Morgan fingerprint density at radius 3 is 2.26 bits per heavy atom. The number of hydrogen-bond acceptors (Lipinski definition) is 3. The van der Waals surface area contributed by atoms with Crippen LogP contribution in [0.2, 0.25) is 0 Å². The topological polar surface area (TPSA) is 55.1 Å². The molecule has 0 spiro atoms. The van der Waals surface area contributed by atoms with Crippen molar-refractivity contribution in [2.45, 2.75) is 30.0 Å². The summed E-state index contributed by atoms with van der Waals surface area (Å²) in [6, 6.07) is 18.0. The zero-order chi connectivity index (χ0) is 16.0. The fourth-order valence-corrected chi connectivity index (χ4v) is 2.71. The molecule has 2 aromatic carbocycles. The van der Waals surface area contributed by atoms with Crippen LogP contribution in [0.4, 0.5) is 0 Å². The number of rotatable bonds is 6. The Balaban J connectivity index is 0.00000264. The summed E-state index contributed by atoms with van der Waals surface area (Å²) in [5.41, 5.74) is 7.41. The molecule has 0 aromatic heterocycles. The van der Waals surface area contributed by atoms with E-state index >= 15 is 0 Å². The predicted octanol–water partition coefficient (Wildman–Crippen LogP) is 3.87. The number of halogens is 1. The number of thioether (sulfide) groups is 1. The molecule has 0 aliphatic heterocycles. The van der Waals surface area contributed by atoms with Gasteiger partial charge in [-0.3, -0.25) is 4.79 Å². The van der Waals surface area contributed by atoms with E-state index in [9.17, 15) is 4.79 Å². The molecule has 3 N–H and O–H groups in total. The van der Waals surface area contributed by atoms with Crippen molar-refractivity contribution in [3.63, 3.8) is 0 Å². The second-order valence-corrected chi connectivity index (χ2v) is 7.02. The Kier molecular flexibility index (Phi) is 7.62. The van der Waals surface area contributed by atoms with Crippen molar-refractivity contribution in [1.29, 1.82) is 0 Å². The minimum atomic E-state index is -0.402. The van der Waals surface area contributed by atoms with E-state index < -0.39 is 5.54 Å². The van der Waals surface area contributed by atoms with Gasteiger partial charge in [-0.1, -0.05) is 30.3 Å². The van der Waals surface area contributed by atoms with Crippen molar-refractivity contribution >= 4 is 30.1 Å². The first-order valence-corrected chi connectivity index (χ1v) is 8.26. The fourth-order valence-electron chi connectivity index (χ4n) is 1.85. The highest BCUT2D eigenvalue weighted by molar-refractivity contribution is 7.98. The minimum absolute atomic E-state index is 0. The van der Waals surface area contributed by atoms with Crippen LogP contribution in [0.3, 0.4) is 0 Å². The fraction of sp³-hybridized carbons (Fsp3) is 0.278. The van der Waals surface area contributed by atoms with E-state index in [1.807, 2.05) is 56.3 Å². The number of hydrogen-bond donors (Lipinski definition) is 2. The van der Waals surface area contributed by atoms with Crippen molar-refractivity contribution in [1.82, 2.24) is 5.32 Å². The summed E-state index contributed by atoms with van der Waals surface area (Å²) in [4.78, 5) is 13.2. The molecule has 0 saturated carbocycles. The molecule has 0 radical (unpaired) electrons. The molecule has 0 fully saturated rings. The van der Waals surface area contributed by atoms with Crippen molar-refractivity contribution in [2.75, 3.05) is 6.54 Å². The molecule has 2 rings (SSSR count). The normalized spacial score (nSPS) is 10.7. The van der Waals surface area contributed by atoms with Gasteiger partial charge in [-0.25, -0.2) is 0 Å². The third kappa shape index (κ3) is 7.08. The highest BCUT2D eigenvalue weighted by Gasteiger charge is 2.13. The van der Waals surface area contributed by atoms with Crippen LogP contribution in [0, 0.1) is 0 Å². The second-order valence-electron chi connectivity index (χ2n) is 5.97. The lowest BCUT2D eigenvalue weighted by molar-refractivity contribution is 0.0946. The number of carbonyl (C=O) groups is 1. The summed E-state index contributed by atoms with van der Waals surface area (Å²) in [7, 11) is 0. The van der Waals surface area contributed by atoms with Gasteiger partial charge in [0.1, 0.15) is 0 Å². The molecule has 0 bridgehead atoms. The van der Waals surface area contributed by atoms with Crippen LogP contribution >= 0.6 is 24.2 Å². The smallest absolute Gasteiger partial charge is 0.251 e. The van der Waals surface area contributed by atoms with Crippen molar-refractivity contribution < 1.29 is 4.79 Å². The quantitative estimate of drug-likeness (QED) is 0.777. The van der Waals surface area contributed by atoms with Crippen LogP contribution in [0.5, 0.6) is 0 Å². The zero-order valence-corrected chi connectivity index (χ0v) is 15.0. The van der Waals surface area contributed by atoms with E-state index in [-0.39, 0.29) is 18.3 Å². The number of nitrogens with one attached hydrogen (secondary N) is 1. The first-order valence-electron chi connectivity index (χ1n) is 7.28. The van der Waals surface area contributed by atoms with Gasteiger partial charge in [-0.2, -0.15) is 0 Å². The van der Waals surface area contributed by atoms with Gasteiger partial charge in [0.15, 0.2) is 0 Å². The third-order valence-corrected chi connectivity index (χ3v) is 4.15. The Morgan fingerprint density at radius 2 is 1.70 bits per heavy atom. The summed E-state index contributed by atoms with van der Waals surface area (Å²) in [6.45, 7) is 4.23. The van der Waals surface area contributed by atoms with Crippen LogP contribution < -0.4 is 11.1 Å². The lowest BCUT2D eigenvalue weighted by atomic mass is 10.1. The van der Waals surface area contributed by atoms with Crippen molar-refractivity contribution in [3.8, 4) is 0 Å². The van der Waals surface area contributed by atoms with Crippen LogP contribution in [-0.4, -0.2) is 18.0 Å². The third-order valence-electron chi connectivity index (χ3n) is 3.07. The van der Waals surface area contributed by atoms with Crippen LogP contribution in [0.25, 0.3) is 0 Å². The molecule has 0 atom stereocenters. The van der Waals surface area contributed by atoms with Gasteiger partial charge in [0.2, 0.25) is 0 Å². The lowest BCUT2D eigenvalue weighted by Gasteiger charge is -2.18. The molecule has 2 aromatic rings. The van der Waals surface area contributed by atoms with Crippen LogP contribution in [0.1, 0.15) is 29.8 Å². The number of nitrogens with two attached hydrogens (primary N) is 1. The molecule has 3 nitrogen and oxygen atoms in total. The van der Waals surface area contributed by atoms with Crippen molar-refractivity contribution in [2.24, 2.45) is 5.73 Å². The average molecular weight is 351 g/mol. The maximum Gasteiger partial charge on any atom is 0.251 e. The van der Waals surface area contributed by atoms with Crippen LogP contribution in [-0.2, 0) is 5.75 Å². The molecule has 23 heavy (non-hydrogen) atoms. The molecular weight excluding hydrogens is 328 g/mol. The SMILES string of the molecule is CC(C)(N)CNC(=O)c1ccc(SCc2ccccc2)cc1.Cl. The predicted molar refractivity (Wildman–Crippen MR) is 100 cm³/mol. The largest absolute Gasteiger partial charge is 0.350 e. The summed E-state index contributed by atoms with van der Waals surface area (Å²) in [5.74, 6) is 0.839. The summed E-state index contributed by atoms with van der Waals surface area (Å²) >= 11 is 1.76. The maximum absolute atomic E-state index is 12.0. The Hall–Kier alpha value is -1.49. The lowest BCUT2D eigenvalue weighted by Crippen LogP contribution is -2.45. The minimum Gasteiger partial charge on any atom is -0.350 e. The Morgan fingerprint density at radius 1 is 1.09 bits per heavy atom. The number of amides is 1. The molecular formula is C18H23ClN2OS. The van der Waals surface area contributed by atoms with E-state index in [1.165, 1.54) is 5.56 Å². The molecule has 0 aliphatic carbocycles. The highest BCUT2D eigenvalue weighted by atomic mass is 35.5. The standard InChI is InChI=1S/C18H22N2OS.ClH/c1-18(2,19)13-20-17(21)15-8-10-16(11-9-15)22-12-14-6-4-3-5-7-14;/h3-11H,12-13,19H2,1-2H3,(H,20,21);1H. The zero-order valence-electron chi connectivity index (χ0n) is 13.4. The molecule has 0 heterocycles. The first kappa shape index (κ1) is 19.6. The van der Waals surface area contributed by atoms with Gasteiger partial charge < -0.3 is 11.1 Å². The van der Waals surface area contributed by atoms with Gasteiger partial charge in [0.05, 0.1) is 0 Å². The molecule has 1 amide bonds. The van der Waals surface area contributed by atoms with Gasteiger partial charge in [-0.15, -0.1) is 24.2 Å². The monoisotopic (exact) mass is 350 g/mol. The summed E-state index contributed by atoms with van der Waals surface area (Å²) in [5, 5.41) is 2.85. The number of benzene rings is 2. The van der Waals surface area contributed by atoms with Crippen LogP contribution in [0.15, 0.2) is 59.5 Å². The molecule has 0 unspecified atom stereocenters. The number of carbonyl (C=O) groups excluding carboxylic acids is 1. The van der Waals surface area contributed by atoms with E-state index in [2.05, 4.69) is 17.4 Å². The van der Waals surface area contributed by atoms with Gasteiger partial charge in [0.25, 0.3) is 5.91 Å². The van der Waals surface area contributed by atoms with E-state index in [4.69, 9.17) is 5.73 Å². The maximum atomic E-state index is 12.0. The summed E-state index contributed by atoms with van der Waals surface area (Å²) in [6.07, 6.45) is 0. The van der Waals surface area contributed by atoms with E-state index in [0.717, 1.165) is 10.6 Å². The summed E-state index contributed by atoms with van der Waals surface area (Å²) < 4.78 is 0. The highest BCUT2D eigenvalue weighted by Crippen LogP contribution is 2.22. The average Bonchev–Trinajstić information content (AvgIpc) is 2.51. The Labute approximate surface area is 148 Å². The molecule has 0 saturated heterocycles. The first-order chi connectivity index (χ1) is 10.4. The molecule has 0 aliphatic rings. The van der Waals surface area contributed by atoms with E-state index in [0.29, 0.717) is 12.1 Å². The van der Waals surface area contributed by atoms with E-state index in [1.54, 1.807) is 11.8 Å².